The first-order chi connectivity index (χ1) is 9.24. The van der Waals surface area contributed by atoms with Crippen LogP contribution in [0, 0.1) is 0 Å². The highest BCUT2D eigenvalue weighted by Gasteiger charge is 2.25. The topological polar surface area (TPSA) is 37.8 Å². The first-order valence-corrected chi connectivity index (χ1v) is 8.54. The van der Waals surface area contributed by atoms with E-state index in [1.54, 1.807) is 6.33 Å². The third-order valence-electron chi connectivity index (χ3n) is 3.52. The van der Waals surface area contributed by atoms with Crippen LogP contribution in [0.2, 0.25) is 5.15 Å². The maximum Gasteiger partial charge on any atom is 0.137 e. The van der Waals surface area contributed by atoms with Crippen molar-refractivity contribution in [3.05, 3.63) is 17.0 Å². The minimum atomic E-state index is 0.533. The van der Waals surface area contributed by atoms with Gasteiger partial charge in [0.15, 0.2) is 0 Å². The lowest BCUT2D eigenvalue weighted by Gasteiger charge is -2.16. The Morgan fingerprint density at radius 1 is 1.37 bits per heavy atom. The van der Waals surface area contributed by atoms with Crippen molar-refractivity contribution in [1.29, 1.82) is 0 Å². The molecule has 0 amide bonds. The second kappa shape index (κ2) is 7.34. The van der Waals surface area contributed by atoms with E-state index >= 15 is 0 Å². The molecule has 0 saturated heterocycles. The molecule has 2 rings (SSSR count). The summed E-state index contributed by atoms with van der Waals surface area (Å²) in [7, 11) is 0. The van der Waals surface area contributed by atoms with Gasteiger partial charge in [-0.05, 0) is 31.4 Å². The summed E-state index contributed by atoms with van der Waals surface area (Å²) in [6.07, 6.45) is 7.30. The second-order valence-corrected chi connectivity index (χ2v) is 6.91. The highest BCUT2D eigenvalue weighted by atomic mass is 35.5. The summed E-state index contributed by atoms with van der Waals surface area (Å²) in [6, 6.07) is 0.533. The number of rotatable bonds is 6. The van der Waals surface area contributed by atoms with Gasteiger partial charge in [-0.1, -0.05) is 31.9 Å². The van der Waals surface area contributed by atoms with E-state index in [4.69, 9.17) is 11.6 Å². The monoisotopic (exact) mass is 299 g/mol. The highest BCUT2D eigenvalue weighted by molar-refractivity contribution is 7.99. The van der Waals surface area contributed by atoms with Gasteiger partial charge in [0.05, 0.1) is 0 Å². The summed E-state index contributed by atoms with van der Waals surface area (Å²) in [4.78, 5) is 8.47. The van der Waals surface area contributed by atoms with Crippen LogP contribution in [0.1, 0.15) is 45.1 Å². The van der Waals surface area contributed by atoms with Crippen molar-refractivity contribution < 1.29 is 0 Å². The summed E-state index contributed by atoms with van der Waals surface area (Å²) in [6.45, 7) is 4.38. The Kier molecular flexibility index (Phi) is 5.76. The van der Waals surface area contributed by atoms with Gasteiger partial charge in [0.1, 0.15) is 17.3 Å². The maximum absolute atomic E-state index is 6.18. The predicted octanol–water partition coefficient (Wildman–Crippen LogP) is 4.17. The average Bonchev–Trinajstić information content (AvgIpc) is 2.82. The molecule has 0 aromatic carbocycles. The summed E-state index contributed by atoms with van der Waals surface area (Å²) in [5, 5.41) is 4.97. The van der Waals surface area contributed by atoms with Crippen LogP contribution in [0.15, 0.2) is 6.33 Å². The van der Waals surface area contributed by atoms with Crippen molar-refractivity contribution in [2.24, 2.45) is 0 Å². The lowest BCUT2D eigenvalue weighted by molar-refractivity contribution is 0.746. The Labute approximate surface area is 124 Å². The van der Waals surface area contributed by atoms with Gasteiger partial charge >= 0.3 is 0 Å². The molecular formula is C14H22ClN3S. The Morgan fingerprint density at radius 3 is 2.95 bits per heavy atom. The van der Waals surface area contributed by atoms with Crippen LogP contribution < -0.4 is 5.32 Å². The van der Waals surface area contributed by atoms with E-state index in [2.05, 4.69) is 40.9 Å². The van der Waals surface area contributed by atoms with E-state index in [0.29, 0.717) is 11.2 Å². The zero-order valence-electron chi connectivity index (χ0n) is 11.7. The third kappa shape index (κ3) is 3.99. The highest BCUT2D eigenvalue weighted by Crippen LogP contribution is 2.32. The second-order valence-electron chi connectivity index (χ2n) is 4.97. The van der Waals surface area contributed by atoms with Crippen molar-refractivity contribution in [2.45, 2.75) is 57.2 Å². The lowest BCUT2D eigenvalue weighted by Crippen LogP contribution is -2.18. The average molecular weight is 300 g/mol. The number of anilines is 1. The van der Waals surface area contributed by atoms with E-state index in [0.717, 1.165) is 29.5 Å². The van der Waals surface area contributed by atoms with E-state index < -0.39 is 0 Å². The number of aromatic nitrogens is 2. The number of halogens is 1. The van der Waals surface area contributed by atoms with Gasteiger partial charge in [-0.2, -0.15) is 11.8 Å². The van der Waals surface area contributed by atoms with Crippen LogP contribution >= 0.6 is 23.4 Å². The smallest absolute Gasteiger partial charge is 0.137 e. The van der Waals surface area contributed by atoms with Crippen molar-refractivity contribution in [1.82, 2.24) is 9.97 Å². The molecule has 1 fully saturated rings. The molecule has 1 aliphatic carbocycles. The van der Waals surface area contributed by atoms with Gasteiger partial charge < -0.3 is 5.32 Å². The van der Waals surface area contributed by atoms with E-state index in [1.807, 2.05) is 0 Å². The molecule has 3 nitrogen and oxygen atoms in total. The molecule has 2 unspecified atom stereocenters. The molecule has 0 spiro atoms. The third-order valence-corrected chi connectivity index (χ3v) is 5.08. The number of nitrogens with one attached hydrogen (secondary N) is 1. The molecule has 0 aliphatic heterocycles. The molecule has 106 valence electrons. The van der Waals surface area contributed by atoms with E-state index in [-0.39, 0.29) is 0 Å². The van der Waals surface area contributed by atoms with Crippen LogP contribution in [0.3, 0.4) is 0 Å². The van der Waals surface area contributed by atoms with Gasteiger partial charge in [-0.25, -0.2) is 9.97 Å². The predicted molar refractivity (Wildman–Crippen MR) is 84.2 cm³/mol. The van der Waals surface area contributed by atoms with Gasteiger partial charge in [0.2, 0.25) is 0 Å². The summed E-state index contributed by atoms with van der Waals surface area (Å²) in [5.41, 5.74) is 1.07. The fraction of sp³-hybridized carbons (Fsp3) is 0.714. The SMILES string of the molecule is CCCc1c(Cl)ncnc1NC1CCC(SCC)C1. The first kappa shape index (κ1) is 14.9. The van der Waals surface area contributed by atoms with E-state index in [9.17, 15) is 0 Å². The number of hydrogen-bond acceptors (Lipinski definition) is 4. The van der Waals surface area contributed by atoms with Gasteiger partial charge in [0.25, 0.3) is 0 Å². The standard InChI is InChI=1S/C14H22ClN3S/c1-3-5-12-13(15)16-9-17-14(12)18-10-6-7-11(8-10)19-4-2/h9-11H,3-8H2,1-2H3,(H,16,17,18). The Morgan fingerprint density at radius 2 is 2.21 bits per heavy atom. The van der Waals surface area contributed by atoms with Crippen molar-refractivity contribution in [3.8, 4) is 0 Å². The molecule has 5 heteroatoms. The minimum Gasteiger partial charge on any atom is -0.367 e. The van der Waals surface area contributed by atoms with Crippen LogP contribution in [0.25, 0.3) is 0 Å². The first-order valence-electron chi connectivity index (χ1n) is 7.12. The molecule has 1 N–H and O–H groups in total. The molecule has 2 atom stereocenters. The molecule has 1 heterocycles. The van der Waals surface area contributed by atoms with Crippen LogP contribution in [0.4, 0.5) is 5.82 Å². The maximum atomic E-state index is 6.18. The zero-order valence-corrected chi connectivity index (χ0v) is 13.2. The molecule has 1 aromatic rings. The van der Waals surface area contributed by atoms with Gasteiger partial charge in [-0.3, -0.25) is 0 Å². The molecule has 1 aliphatic rings. The zero-order chi connectivity index (χ0) is 13.7. The molecule has 0 radical (unpaired) electrons. The number of thioether (sulfide) groups is 1. The Balaban J connectivity index is 2.01. The van der Waals surface area contributed by atoms with Crippen LogP contribution in [-0.4, -0.2) is 27.0 Å². The Bertz CT molecular complexity index is 414. The van der Waals surface area contributed by atoms with Crippen molar-refractivity contribution >= 4 is 29.2 Å². The van der Waals surface area contributed by atoms with Crippen molar-refractivity contribution in [3.63, 3.8) is 0 Å². The lowest BCUT2D eigenvalue weighted by atomic mass is 10.1. The number of hydrogen-bond donors (Lipinski definition) is 1. The molecule has 1 saturated carbocycles. The number of nitrogens with zero attached hydrogens (tertiary/aromatic N) is 2. The van der Waals surface area contributed by atoms with Crippen LogP contribution in [-0.2, 0) is 6.42 Å². The summed E-state index contributed by atoms with van der Waals surface area (Å²) < 4.78 is 0. The van der Waals surface area contributed by atoms with Gasteiger partial charge in [0, 0.05) is 16.9 Å². The fourth-order valence-corrected chi connectivity index (χ4v) is 4.01. The molecular weight excluding hydrogens is 278 g/mol. The quantitative estimate of drug-likeness (QED) is 0.800. The van der Waals surface area contributed by atoms with Gasteiger partial charge in [-0.15, -0.1) is 0 Å². The molecule has 0 bridgehead atoms. The van der Waals surface area contributed by atoms with E-state index in [1.165, 1.54) is 25.0 Å². The molecule has 19 heavy (non-hydrogen) atoms. The van der Waals surface area contributed by atoms with Crippen molar-refractivity contribution in [2.75, 3.05) is 11.1 Å². The fourth-order valence-electron chi connectivity index (χ4n) is 2.64. The Hall–Kier alpha value is -0.480. The minimum absolute atomic E-state index is 0.533. The summed E-state index contributed by atoms with van der Waals surface area (Å²) >= 11 is 8.25. The normalized spacial score (nSPS) is 22.7. The van der Waals surface area contributed by atoms with Crippen LogP contribution in [0.5, 0.6) is 0 Å². The summed E-state index contributed by atoms with van der Waals surface area (Å²) in [5.74, 6) is 2.15. The molecule has 1 aromatic heterocycles. The largest absolute Gasteiger partial charge is 0.367 e.